The van der Waals surface area contributed by atoms with Gasteiger partial charge in [-0.15, -0.1) is 0 Å². The fourth-order valence-electron chi connectivity index (χ4n) is 0.620. The molecule has 0 saturated heterocycles. The lowest BCUT2D eigenvalue weighted by molar-refractivity contribution is 0.145. The van der Waals surface area contributed by atoms with E-state index in [1.165, 1.54) is 6.20 Å². The first kappa shape index (κ1) is 8.06. The van der Waals surface area contributed by atoms with Crippen molar-refractivity contribution in [1.29, 1.82) is 0 Å². The number of halogens is 2. The minimum absolute atomic E-state index is 0.313. The van der Waals surface area contributed by atoms with Gasteiger partial charge in [0.1, 0.15) is 0 Å². The van der Waals surface area contributed by atoms with Crippen LogP contribution in [0.5, 0.6) is 0 Å². The van der Waals surface area contributed by atoms with Gasteiger partial charge in [0.15, 0.2) is 0 Å². The SMILES string of the molecule is FC(F)CNCc1cn[nH]n1. The number of aromatic amines is 1. The maximum absolute atomic E-state index is 11.6. The van der Waals surface area contributed by atoms with Crippen LogP contribution in [0.4, 0.5) is 8.78 Å². The molecule has 1 aromatic heterocycles. The van der Waals surface area contributed by atoms with Crippen molar-refractivity contribution < 1.29 is 8.78 Å². The average Bonchev–Trinajstić information content (AvgIpc) is 2.39. The molecule has 0 atom stereocenters. The number of hydrogen-bond donors (Lipinski definition) is 2. The molecule has 0 fully saturated rings. The lowest BCUT2D eigenvalue weighted by Crippen LogP contribution is -2.20. The van der Waals surface area contributed by atoms with Crippen molar-refractivity contribution in [3.8, 4) is 0 Å². The van der Waals surface area contributed by atoms with Gasteiger partial charge in [-0.25, -0.2) is 8.78 Å². The Morgan fingerprint density at radius 2 is 2.45 bits per heavy atom. The molecule has 1 heterocycles. The van der Waals surface area contributed by atoms with E-state index in [2.05, 4.69) is 20.7 Å². The van der Waals surface area contributed by atoms with Crippen LogP contribution in [0.3, 0.4) is 0 Å². The van der Waals surface area contributed by atoms with Crippen LogP contribution in [-0.2, 0) is 6.54 Å². The molecule has 0 saturated carbocycles. The second kappa shape index (κ2) is 3.97. The highest BCUT2D eigenvalue weighted by atomic mass is 19.3. The topological polar surface area (TPSA) is 53.6 Å². The summed E-state index contributed by atoms with van der Waals surface area (Å²) in [5.41, 5.74) is 0.630. The van der Waals surface area contributed by atoms with E-state index in [0.717, 1.165) is 0 Å². The maximum Gasteiger partial charge on any atom is 0.250 e. The summed E-state index contributed by atoms with van der Waals surface area (Å²) in [6.45, 7) is 0.00764. The normalized spacial score (nSPS) is 10.8. The van der Waals surface area contributed by atoms with E-state index >= 15 is 0 Å². The predicted octanol–water partition coefficient (Wildman–Crippen LogP) is 0.159. The average molecular weight is 162 g/mol. The Labute approximate surface area is 62.0 Å². The number of alkyl halides is 2. The van der Waals surface area contributed by atoms with Gasteiger partial charge in [-0.1, -0.05) is 0 Å². The smallest absolute Gasteiger partial charge is 0.250 e. The van der Waals surface area contributed by atoms with E-state index in [9.17, 15) is 8.78 Å². The van der Waals surface area contributed by atoms with Crippen molar-refractivity contribution in [3.63, 3.8) is 0 Å². The molecule has 0 amide bonds. The van der Waals surface area contributed by atoms with Crippen LogP contribution in [0.25, 0.3) is 0 Å². The maximum atomic E-state index is 11.6. The van der Waals surface area contributed by atoms with Crippen LogP contribution in [-0.4, -0.2) is 28.4 Å². The lowest BCUT2D eigenvalue weighted by atomic mass is 10.5. The lowest BCUT2D eigenvalue weighted by Gasteiger charge is -1.98. The second-order valence-electron chi connectivity index (χ2n) is 1.98. The molecule has 4 nitrogen and oxygen atoms in total. The molecule has 0 aliphatic heterocycles. The summed E-state index contributed by atoms with van der Waals surface area (Å²) in [6, 6.07) is 0. The molecule has 1 aromatic rings. The van der Waals surface area contributed by atoms with Crippen LogP contribution < -0.4 is 5.32 Å². The highest BCUT2D eigenvalue weighted by Gasteiger charge is 2.01. The molecule has 0 unspecified atom stereocenters. The van der Waals surface area contributed by atoms with Crippen LogP contribution in [0.2, 0.25) is 0 Å². The van der Waals surface area contributed by atoms with Crippen LogP contribution in [0.15, 0.2) is 6.20 Å². The summed E-state index contributed by atoms with van der Waals surface area (Å²) < 4.78 is 23.1. The molecular weight excluding hydrogens is 154 g/mol. The van der Waals surface area contributed by atoms with Gasteiger partial charge >= 0.3 is 0 Å². The van der Waals surface area contributed by atoms with E-state index < -0.39 is 6.43 Å². The number of nitrogens with zero attached hydrogens (tertiary/aromatic N) is 2. The number of H-pyrrole nitrogens is 1. The summed E-state index contributed by atoms with van der Waals surface area (Å²) in [6.07, 6.45) is -0.833. The first-order chi connectivity index (χ1) is 5.29. The zero-order valence-electron chi connectivity index (χ0n) is 5.72. The molecule has 0 radical (unpaired) electrons. The Balaban J connectivity index is 2.14. The molecule has 6 heteroatoms. The third-order valence-electron chi connectivity index (χ3n) is 1.07. The highest BCUT2D eigenvalue weighted by molar-refractivity contribution is 4.88. The standard InChI is InChI=1S/C5H8F2N4/c6-5(7)3-8-1-4-2-9-11-10-4/h2,5,8H,1,3H2,(H,9,10,11). The fourth-order valence-corrected chi connectivity index (χ4v) is 0.620. The van der Waals surface area contributed by atoms with Gasteiger partial charge in [0.25, 0.3) is 6.43 Å². The Hall–Kier alpha value is -1.04. The number of hydrogen-bond acceptors (Lipinski definition) is 3. The number of rotatable bonds is 4. The monoisotopic (exact) mass is 162 g/mol. The summed E-state index contributed by atoms with van der Waals surface area (Å²) in [5, 5.41) is 12.1. The van der Waals surface area contributed by atoms with Crippen LogP contribution in [0, 0.1) is 0 Å². The molecule has 0 spiro atoms. The quantitative estimate of drug-likeness (QED) is 0.663. The summed E-state index contributed by atoms with van der Waals surface area (Å²) >= 11 is 0. The van der Waals surface area contributed by atoms with Crippen molar-refractivity contribution in [2.75, 3.05) is 6.54 Å². The van der Waals surface area contributed by atoms with Crippen molar-refractivity contribution in [2.45, 2.75) is 13.0 Å². The molecule has 0 aliphatic rings. The van der Waals surface area contributed by atoms with E-state index in [-0.39, 0.29) is 6.54 Å². The van der Waals surface area contributed by atoms with E-state index in [0.29, 0.717) is 12.2 Å². The second-order valence-corrected chi connectivity index (χ2v) is 1.98. The first-order valence-corrected chi connectivity index (χ1v) is 3.12. The molecule has 2 N–H and O–H groups in total. The summed E-state index contributed by atoms with van der Waals surface area (Å²) in [7, 11) is 0. The van der Waals surface area contributed by atoms with Gasteiger partial charge in [0.2, 0.25) is 0 Å². The molecule has 62 valence electrons. The van der Waals surface area contributed by atoms with Gasteiger partial charge in [0.05, 0.1) is 18.4 Å². The van der Waals surface area contributed by atoms with Gasteiger partial charge < -0.3 is 5.32 Å². The number of aromatic nitrogens is 3. The van der Waals surface area contributed by atoms with Crippen molar-refractivity contribution in [1.82, 2.24) is 20.7 Å². The predicted molar refractivity (Wildman–Crippen MR) is 34.1 cm³/mol. The van der Waals surface area contributed by atoms with Crippen LogP contribution >= 0.6 is 0 Å². The minimum atomic E-state index is -2.32. The number of nitrogens with one attached hydrogen (secondary N) is 2. The zero-order chi connectivity index (χ0) is 8.10. The Kier molecular flexibility index (Phi) is 2.91. The highest BCUT2D eigenvalue weighted by Crippen LogP contribution is 1.90. The Morgan fingerprint density at radius 3 is 3.00 bits per heavy atom. The summed E-state index contributed by atoms with van der Waals surface area (Å²) in [5.74, 6) is 0. The first-order valence-electron chi connectivity index (χ1n) is 3.12. The molecule has 0 bridgehead atoms. The molecule has 0 aromatic carbocycles. The van der Waals surface area contributed by atoms with E-state index in [1.54, 1.807) is 0 Å². The molecule has 11 heavy (non-hydrogen) atoms. The van der Waals surface area contributed by atoms with Crippen molar-refractivity contribution in [2.24, 2.45) is 0 Å². The van der Waals surface area contributed by atoms with Crippen molar-refractivity contribution in [3.05, 3.63) is 11.9 Å². The van der Waals surface area contributed by atoms with E-state index in [1.807, 2.05) is 0 Å². The molecule has 1 rings (SSSR count). The third kappa shape index (κ3) is 3.03. The largest absolute Gasteiger partial charge is 0.306 e. The Bertz CT molecular complexity index is 186. The molecule has 0 aliphatic carbocycles. The van der Waals surface area contributed by atoms with Gasteiger partial charge in [-0.05, 0) is 0 Å². The Morgan fingerprint density at radius 1 is 1.64 bits per heavy atom. The van der Waals surface area contributed by atoms with Crippen LogP contribution in [0.1, 0.15) is 5.69 Å². The van der Waals surface area contributed by atoms with Gasteiger partial charge in [-0.3, -0.25) is 0 Å². The third-order valence-corrected chi connectivity index (χ3v) is 1.07. The summed E-state index contributed by atoms with van der Waals surface area (Å²) in [4.78, 5) is 0. The zero-order valence-corrected chi connectivity index (χ0v) is 5.72. The fraction of sp³-hybridized carbons (Fsp3) is 0.600. The van der Waals surface area contributed by atoms with E-state index in [4.69, 9.17) is 0 Å². The van der Waals surface area contributed by atoms with Gasteiger partial charge in [0, 0.05) is 6.54 Å². The molecular formula is C5H8F2N4. The van der Waals surface area contributed by atoms with Crippen molar-refractivity contribution >= 4 is 0 Å². The van der Waals surface area contributed by atoms with Gasteiger partial charge in [-0.2, -0.15) is 15.4 Å². The minimum Gasteiger partial charge on any atom is -0.306 e.